The van der Waals surface area contributed by atoms with Crippen LogP contribution in [-0.4, -0.2) is 55.3 Å². The number of thioether (sulfide) groups is 1. The minimum Gasteiger partial charge on any atom is -0.493 e. The lowest BCUT2D eigenvalue weighted by atomic mass is 10.0. The second-order valence-electron chi connectivity index (χ2n) is 7.75. The number of anilines is 1. The van der Waals surface area contributed by atoms with Gasteiger partial charge in [0.25, 0.3) is 11.1 Å². The summed E-state index contributed by atoms with van der Waals surface area (Å²) in [5, 5.41) is 2.14. The Morgan fingerprint density at radius 2 is 1.86 bits per heavy atom. The number of allylic oxidation sites excluding steroid dienone is 1. The van der Waals surface area contributed by atoms with Crippen LogP contribution in [0.25, 0.3) is 6.08 Å². The zero-order valence-electron chi connectivity index (χ0n) is 20.2. The SMILES string of the molecule is C=CCc1cc(C=C2SC(=O)N(CC(=O)Nc3ccc(C)cc3)C2=O)cc(OC)c1OCC(=O)OC. The monoisotopic (exact) mass is 510 g/mol. The minimum atomic E-state index is -0.570. The summed E-state index contributed by atoms with van der Waals surface area (Å²) >= 11 is 0.746. The van der Waals surface area contributed by atoms with Gasteiger partial charge in [-0.2, -0.15) is 0 Å². The molecule has 2 aromatic rings. The molecule has 0 atom stereocenters. The summed E-state index contributed by atoms with van der Waals surface area (Å²) in [6.07, 6.45) is 3.60. The first-order valence-corrected chi connectivity index (χ1v) is 11.7. The van der Waals surface area contributed by atoms with Crippen LogP contribution < -0.4 is 14.8 Å². The van der Waals surface area contributed by atoms with E-state index in [4.69, 9.17) is 9.47 Å². The lowest BCUT2D eigenvalue weighted by Gasteiger charge is -2.15. The summed E-state index contributed by atoms with van der Waals surface area (Å²) in [6, 6.07) is 10.5. The molecule has 2 aromatic carbocycles. The molecule has 10 heteroatoms. The fourth-order valence-electron chi connectivity index (χ4n) is 3.35. The molecule has 0 spiro atoms. The van der Waals surface area contributed by atoms with Crippen LogP contribution in [0.1, 0.15) is 16.7 Å². The lowest BCUT2D eigenvalue weighted by molar-refractivity contribution is -0.143. The van der Waals surface area contributed by atoms with Gasteiger partial charge in [0.2, 0.25) is 5.91 Å². The number of nitrogens with zero attached hydrogens (tertiary/aromatic N) is 1. The maximum absolute atomic E-state index is 12.9. The zero-order chi connectivity index (χ0) is 26.2. The topological polar surface area (TPSA) is 111 Å². The lowest BCUT2D eigenvalue weighted by Crippen LogP contribution is -2.36. The Bertz CT molecular complexity index is 1220. The van der Waals surface area contributed by atoms with Gasteiger partial charge in [-0.15, -0.1) is 6.58 Å². The van der Waals surface area contributed by atoms with E-state index in [2.05, 4.69) is 16.6 Å². The molecule has 1 heterocycles. The number of methoxy groups -OCH3 is 2. The molecule has 0 unspecified atom stereocenters. The van der Waals surface area contributed by atoms with Crippen LogP contribution in [0.4, 0.5) is 10.5 Å². The molecule has 1 aliphatic heterocycles. The summed E-state index contributed by atoms with van der Waals surface area (Å²) in [6.45, 7) is 4.96. The Hall–Kier alpha value is -4.05. The predicted octanol–water partition coefficient (Wildman–Crippen LogP) is 3.96. The number of carbonyl (C=O) groups excluding carboxylic acids is 4. The highest BCUT2D eigenvalue weighted by atomic mass is 32.2. The summed E-state index contributed by atoms with van der Waals surface area (Å²) in [5.74, 6) is -0.920. The molecular weight excluding hydrogens is 484 g/mol. The zero-order valence-corrected chi connectivity index (χ0v) is 21.0. The van der Waals surface area contributed by atoms with Crippen LogP contribution in [0.3, 0.4) is 0 Å². The summed E-state index contributed by atoms with van der Waals surface area (Å²) in [7, 11) is 2.71. The summed E-state index contributed by atoms with van der Waals surface area (Å²) in [4.78, 5) is 50.4. The minimum absolute atomic E-state index is 0.165. The number of esters is 1. The van der Waals surface area contributed by atoms with Crippen LogP contribution >= 0.6 is 11.8 Å². The van der Waals surface area contributed by atoms with Gasteiger partial charge in [0.05, 0.1) is 19.1 Å². The van der Waals surface area contributed by atoms with Crippen molar-refractivity contribution in [2.75, 3.05) is 32.7 Å². The second kappa shape index (κ2) is 12.1. The molecular formula is C26H26N2O7S. The Balaban J connectivity index is 1.80. The third-order valence-electron chi connectivity index (χ3n) is 5.11. The van der Waals surface area contributed by atoms with E-state index >= 15 is 0 Å². The van der Waals surface area contributed by atoms with Gasteiger partial charge >= 0.3 is 5.97 Å². The van der Waals surface area contributed by atoms with E-state index in [0.29, 0.717) is 34.7 Å². The smallest absolute Gasteiger partial charge is 0.343 e. The normalized spacial score (nSPS) is 14.1. The molecule has 36 heavy (non-hydrogen) atoms. The third kappa shape index (κ3) is 6.54. The van der Waals surface area contributed by atoms with Crippen molar-refractivity contribution in [2.24, 2.45) is 0 Å². The van der Waals surface area contributed by atoms with E-state index in [9.17, 15) is 19.2 Å². The number of carbonyl (C=O) groups is 4. The molecule has 1 N–H and O–H groups in total. The van der Waals surface area contributed by atoms with Crippen LogP contribution in [0.2, 0.25) is 0 Å². The standard InChI is InChI=1S/C26H26N2O7S/c1-5-6-18-11-17(12-20(33-3)24(18)35-15-23(30)34-4)13-21-25(31)28(26(32)36-21)14-22(29)27-19-9-7-16(2)8-10-19/h5,7-13H,1,6,14-15H2,2-4H3,(H,27,29). The molecule has 9 nitrogen and oxygen atoms in total. The van der Waals surface area contributed by atoms with Crippen molar-refractivity contribution < 1.29 is 33.4 Å². The molecule has 0 aliphatic carbocycles. The van der Waals surface area contributed by atoms with E-state index in [-0.39, 0.29) is 11.5 Å². The molecule has 0 aromatic heterocycles. The molecule has 1 fully saturated rings. The largest absolute Gasteiger partial charge is 0.493 e. The van der Waals surface area contributed by atoms with Crippen molar-refractivity contribution >= 4 is 46.5 Å². The van der Waals surface area contributed by atoms with E-state index in [1.54, 1.807) is 36.4 Å². The summed E-state index contributed by atoms with van der Waals surface area (Å²) in [5.41, 5.74) is 2.85. The number of amides is 3. The molecule has 1 saturated heterocycles. The van der Waals surface area contributed by atoms with Gasteiger partial charge in [0.15, 0.2) is 18.1 Å². The number of hydrogen-bond acceptors (Lipinski definition) is 8. The number of benzene rings is 2. The first-order chi connectivity index (χ1) is 17.2. The average molecular weight is 511 g/mol. The molecule has 188 valence electrons. The van der Waals surface area contributed by atoms with Crippen molar-refractivity contribution in [3.8, 4) is 11.5 Å². The second-order valence-corrected chi connectivity index (χ2v) is 8.74. The maximum Gasteiger partial charge on any atom is 0.343 e. The Morgan fingerprint density at radius 1 is 1.14 bits per heavy atom. The fourth-order valence-corrected chi connectivity index (χ4v) is 4.19. The van der Waals surface area contributed by atoms with Crippen LogP contribution in [-0.2, 0) is 25.5 Å². The van der Waals surface area contributed by atoms with Gasteiger partial charge in [-0.1, -0.05) is 23.8 Å². The number of ether oxygens (including phenoxy) is 3. The Labute approximate surface area is 213 Å². The molecule has 0 saturated carbocycles. The van der Waals surface area contributed by atoms with E-state index in [1.807, 2.05) is 19.1 Å². The average Bonchev–Trinajstić information content (AvgIpc) is 3.11. The van der Waals surface area contributed by atoms with Crippen molar-refractivity contribution in [3.05, 3.63) is 70.6 Å². The van der Waals surface area contributed by atoms with Gasteiger partial charge in [-0.05, 0) is 61.0 Å². The van der Waals surface area contributed by atoms with E-state index in [1.165, 1.54) is 14.2 Å². The van der Waals surface area contributed by atoms with Gasteiger partial charge in [0, 0.05) is 11.3 Å². The number of nitrogens with one attached hydrogen (secondary N) is 1. The Morgan fingerprint density at radius 3 is 2.50 bits per heavy atom. The highest BCUT2D eigenvalue weighted by Gasteiger charge is 2.36. The van der Waals surface area contributed by atoms with Crippen LogP contribution in [0.5, 0.6) is 11.5 Å². The van der Waals surface area contributed by atoms with Crippen LogP contribution in [0, 0.1) is 6.92 Å². The van der Waals surface area contributed by atoms with Gasteiger partial charge in [-0.3, -0.25) is 19.3 Å². The van der Waals surface area contributed by atoms with Crippen molar-refractivity contribution in [3.63, 3.8) is 0 Å². The highest BCUT2D eigenvalue weighted by Crippen LogP contribution is 2.37. The number of imide groups is 1. The van der Waals surface area contributed by atoms with Gasteiger partial charge in [0.1, 0.15) is 6.54 Å². The molecule has 0 radical (unpaired) electrons. The molecule has 3 amide bonds. The predicted molar refractivity (Wildman–Crippen MR) is 137 cm³/mol. The third-order valence-corrected chi connectivity index (χ3v) is 6.02. The first kappa shape index (κ1) is 26.6. The first-order valence-electron chi connectivity index (χ1n) is 10.9. The van der Waals surface area contributed by atoms with Crippen molar-refractivity contribution in [2.45, 2.75) is 13.3 Å². The summed E-state index contributed by atoms with van der Waals surface area (Å²) < 4.78 is 15.6. The molecule has 1 aliphatic rings. The van der Waals surface area contributed by atoms with Crippen molar-refractivity contribution in [1.29, 1.82) is 0 Å². The number of hydrogen-bond donors (Lipinski definition) is 1. The molecule has 3 rings (SSSR count). The van der Waals surface area contributed by atoms with Gasteiger partial charge in [-0.25, -0.2) is 4.79 Å². The van der Waals surface area contributed by atoms with E-state index in [0.717, 1.165) is 22.2 Å². The number of rotatable bonds is 10. The van der Waals surface area contributed by atoms with Crippen LogP contribution in [0.15, 0.2) is 54.0 Å². The maximum atomic E-state index is 12.9. The van der Waals surface area contributed by atoms with Gasteiger partial charge < -0.3 is 19.5 Å². The Kier molecular flexibility index (Phi) is 8.91. The highest BCUT2D eigenvalue weighted by molar-refractivity contribution is 8.18. The fraction of sp³-hybridized carbons (Fsp3) is 0.231. The molecule has 0 bridgehead atoms. The number of aryl methyl sites for hydroxylation is 1. The van der Waals surface area contributed by atoms with Crippen molar-refractivity contribution in [1.82, 2.24) is 4.90 Å². The van der Waals surface area contributed by atoms with E-state index < -0.39 is 29.6 Å². The quantitative estimate of drug-likeness (QED) is 0.291.